The van der Waals surface area contributed by atoms with Crippen molar-refractivity contribution in [2.24, 2.45) is 0 Å². The second kappa shape index (κ2) is 12.0. The van der Waals surface area contributed by atoms with E-state index in [1.807, 2.05) is 34.8 Å². The van der Waals surface area contributed by atoms with Crippen LogP contribution in [-0.2, 0) is 33.6 Å². The van der Waals surface area contributed by atoms with E-state index in [9.17, 15) is 14.0 Å². The molecule has 3 aromatic rings. The lowest BCUT2D eigenvalue weighted by Gasteiger charge is -2.34. The molecule has 37 heavy (non-hydrogen) atoms. The molecule has 0 bridgehead atoms. The molecule has 1 aliphatic rings. The van der Waals surface area contributed by atoms with Gasteiger partial charge in [0.25, 0.3) is 0 Å². The van der Waals surface area contributed by atoms with Crippen molar-refractivity contribution in [1.82, 2.24) is 19.5 Å². The summed E-state index contributed by atoms with van der Waals surface area (Å²) in [5, 5.41) is 4.90. The van der Waals surface area contributed by atoms with Gasteiger partial charge in [-0.2, -0.15) is 5.10 Å². The van der Waals surface area contributed by atoms with E-state index in [0.717, 1.165) is 48.2 Å². The highest BCUT2D eigenvalue weighted by atomic mass is 19.1. The van der Waals surface area contributed by atoms with Gasteiger partial charge < -0.3 is 9.64 Å². The first kappa shape index (κ1) is 26.3. The van der Waals surface area contributed by atoms with Crippen LogP contribution >= 0.6 is 0 Å². The number of aromatic nitrogens is 3. The number of halogens is 1. The number of rotatable bonds is 7. The molecule has 1 aromatic carbocycles. The third kappa shape index (κ3) is 5.66. The summed E-state index contributed by atoms with van der Waals surface area (Å²) in [6.07, 6.45) is 3.93. The summed E-state index contributed by atoms with van der Waals surface area (Å²) in [5.74, 6) is 4.73. The number of aryl methyl sites for hydroxylation is 2. The largest absolute Gasteiger partial charge is 0.464 e. The fourth-order valence-corrected chi connectivity index (χ4v) is 4.82. The molecule has 0 spiro atoms. The number of hydrogen-bond acceptors (Lipinski definition) is 5. The maximum atomic E-state index is 13.7. The van der Waals surface area contributed by atoms with Crippen LogP contribution in [0.3, 0.4) is 0 Å². The number of alkyl halides is 1. The predicted octanol–water partition coefficient (Wildman–Crippen LogP) is 4.33. The number of carbonyl (C=O) groups is 2. The van der Waals surface area contributed by atoms with Gasteiger partial charge in [-0.15, -0.1) is 0 Å². The number of carbonyl (C=O) groups excluding carboxylic acids is 2. The first-order valence-corrected chi connectivity index (χ1v) is 13.0. The highest BCUT2D eigenvalue weighted by molar-refractivity contribution is 5.89. The Labute approximate surface area is 217 Å². The van der Waals surface area contributed by atoms with Crippen molar-refractivity contribution in [2.45, 2.75) is 65.3 Å². The third-order valence-electron chi connectivity index (χ3n) is 6.70. The summed E-state index contributed by atoms with van der Waals surface area (Å²) in [7, 11) is 0. The van der Waals surface area contributed by atoms with Gasteiger partial charge in [-0.1, -0.05) is 37.8 Å². The Kier molecular flexibility index (Phi) is 8.54. The molecule has 2 aromatic heterocycles. The molecule has 0 N–H and O–H groups in total. The van der Waals surface area contributed by atoms with E-state index in [1.54, 1.807) is 11.8 Å². The molecular weight excluding hydrogens is 471 g/mol. The van der Waals surface area contributed by atoms with E-state index in [2.05, 4.69) is 25.7 Å². The quantitative estimate of drug-likeness (QED) is 0.354. The van der Waals surface area contributed by atoms with Crippen molar-refractivity contribution in [1.29, 1.82) is 0 Å². The zero-order valence-electron chi connectivity index (χ0n) is 21.7. The van der Waals surface area contributed by atoms with Gasteiger partial charge in [0, 0.05) is 34.6 Å². The lowest BCUT2D eigenvalue weighted by Crippen LogP contribution is -2.49. The lowest BCUT2D eigenvalue weighted by molar-refractivity contribution is -0.156. The van der Waals surface area contributed by atoms with Crippen LogP contribution in [0.4, 0.5) is 4.39 Å². The summed E-state index contributed by atoms with van der Waals surface area (Å²) in [6, 6.07) is 8.89. The Morgan fingerprint density at radius 1 is 1.14 bits per heavy atom. The van der Waals surface area contributed by atoms with E-state index >= 15 is 0 Å². The maximum Gasteiger partial charge on any atom is 0.328 e. The topological polar surface area (TPSA) is 76.8 Å². The smallest absolute Gasteiger partial charge is 0.328 e. The Balaban J connectivity index is 1.79. The minimum Gasteiger partial charge on any atom is -0.464 e. The van der Waals surface area contributed by atoms with Crippen molar-refractivity contribution in [2.75, 3.05) is 19.8 Å². The van der Waals surface area contributed by atoms with E-state index in [-0.39, 0.29) is 24.9 Å². The highest BCUT2D eigenvalue weighted by Gasteiger charge is 2.34. The van der Waals surface area contributed by atoms with Gasteiger partial charge in [-0.3, -0.25) is 4.79 Å². The number of benzene rings is 1. The predicted molar refractivity (Wildman–Crippen MR) is 140 cm³/mol. The number of amides is 1. The zero-order valence-corrected chi connectivity index (χ0v) is 21.7. The number of ether oxygens (including phenoxy) is 1. The fourth-order valence-electron chi connectivity index (χ4n) is 4.82. The number of fused-ring (bicyclic) bond motifs is 1. The Morgan fingerprint density at radius 2 is 1.92 bits per heavy atom. The summed E-state index contributed by atoms with van der Waals surface area (Å²) in [5.41, 5.74) is 5.52. The van der Waals surface area contributed by atoms with Crippen LogP contribution in [-0.4, -0.2) is 57.2 Å². The molecule has 1 amide bonds. The standard InChI is InChI=1S/C29H33FN4O3/c1-4-22-18-23(5-2)34-28(31-22)24(27(32-34)21-14-12-20(13-15-21)10-9-16-30)19-26(35)33-17-8-7-11-25(33)29(36)37-6-3/h12-15,18,25H,4-8,11,16-17,19H2,1-3H3. The Morgan fingerprint density at radius 3 is 2.59 bits per heavy atom. The zero-order chi connectivity index (χ0) is 26.4. The highest BCUT2D eigenvalue weighted by Crippen LogP contribution is 2.29. The summed E-state index contributed by atoms with van der Waals surface area (Å²) < 4.78 is 19.6. The van der Waals surface area contributed by atoms with Crippen LogP contribution in [0, 0.1) is 11.8 Å². The van der Waals surface area contributed by atoms with Gasteiger partial charge in [0.05, 0.1) is 18.7 Å². The summed E-state index contributed by atoms with van der Waals surface area (Å²) in [4.78, 5) is 32.8. The molecule has 0 saturated carbocycles. The van der Waals surface area contributed by atoms with Crippen molar-refractivity contribution in [3.8, 4) is 23.1 Å². The van der Waals surface area contributed by atoms with Crippen LogP contribution in [0.25, 0.3) is 16.9 Å². The van der Waals surface area contributed by atoms with Crippen LogP contribution in [0.15, 0.2) is 30.3 Å². The van der Waals surface area contributed by atoms with Crippen molar-refractivity contribution in [3.63, 3.8) is 0 Å². The molecular formula is C29H33FN4O3. The van der Waals surface area contributed by atoms with Crippen LogP contribution in [0.5, 0.6) is 0 Å². The molecule has 1 saturated heterocycles. The molecule has 0 aliphatic carbocycles. The molecule has 4 rings (SSSR count). The van der Waals surface area contributed by atoms with E-state index in [0.29, 0.717) is 29.9 Å². The average Bonchev–Trinajstić information content (AvgIpc) is 3.29. The molecule has 7 nitrogen and oxygen atoms in total. The van der Waals surface area contributed by atoms with E-state index in [4.69, 9.17) is 14.8 Å². The molecule has 1 unspecified atom stereocenters. The molecule has 194 valence electrons. The Bertz CT molecular complexity index is 1340. The molecule has 1 aliphatic heterocycles. The molecule has 8 heteroatoms. The third-order valence-corrected chi connectivity index (χ3v) is 6.70. The maximum absolute atomic E-state index is 13.7. The minimum atomic E-state index is -0.699. The summed E-state index contributed by atoms with van der Waals surface area (Å²) in [6.45, 7) is 5.99. The van der Waals surface area contributed by atoms with Gasteiger partial charge in [-0.05, 0) is 57.2 Å². The number of likely N-dealkylation sites (tertiary alicyclic amines) is 1. The van der Waals surface area contributed by atoms with Crippen LogP contribution in [0.1, 0.15) is 62.5 Å². The monoisotopic (exact) mass is 504 g/mol. The number of hydrogen-bond donors (Lipinski definition) is 0. The second-order valence-corrected chi connectivity index (χ2v) is 9.05. The summed E-state index contributed by atoms with van der Waals surface area (Å²) >= 11 is 0. The van der Waals surface area contributed by atoms with Gasteiger partial charge >= 0.3 is 5.97 Å². The molecule has 1 atom stereocenters. The van der Waals surface area contributed by atoms with Crippen LogP contribution in [0.2, 0.25) is 0 Å². The lowest BCUT2D eigenvalue weighted by atomic mass is 9.99. The first-order valence-electron chi connectivity index (χ1n) is 13.0. The van der Waals surface area contributed by atoms with Crippen LogP contribution < -0.4 is 0 Å². The molecule has 0 radical (unpaired) electrons. The van der Waals surface area contributed by atoms with Gasteiger partial charge in [0.1, 0.15) is 6.04 Å². The SMILES string of the molecule is CCOC(=O)C1CCCCN1C(=O)Cc1c(-c2ccc(C#CCF)cc2)nn2c(CC)cc(CC)nc12. The molecule has 1 fully saturated rings. The number of esters is 1. The van der Waals surface area contributed by atoms with Gasteiger partial charge in [0.2, 0.25) is 5.91 Å². The van der Waals surface area contributed by atoms with Crippen molar-refractivity contribution >= 4 is 17.5 Å². The average molecular weight is 505 g/mol. The Hall–Kier alpha value is -3.73. The fraction of sp³-hybridized carbons (Fsp3) is 0.448. The van der Waals surface area contributed by atoms with Crippen molar-refractivity contribution < 1.29 is 18.7 Å². The number of nitrogens with zero attached hydrogens (tertiary/aromatic N) is 4. The van der Waals surface area contributed by atoms with E-state index in [1.165, 1.54) is 0 Å². The van der Waals surface area contributed by atoms with Crippen molar-refractivity contribution in [3.05, 3.63) is 52.8 Å². The second-order valence-electron chi connectivity index (χ2n) is 9.05. The van der Waals surface area contributed by atoms with Gasteiger partial charge in [-0.25, -0.2) is 18.7 Å². The molecule has 3 heterocycles. The van der Waals surface area contributed by atoms with E-state index < -0.39 is 12.7 Å². The minimum absolute atomic E-state index is 0.0709. The number of piperidine rings is 1. The first-order chi connectivity index (χ1) is 18.0. The normalized spacial score (nSPS) is 15.4. The van der Waals surface area contributed by atoms with Gasteiger partial charge in [0.15, 0.2) is 12.3 Å².